The van der Waals surface area contributed by atoms with Gasteiger partial charge in [0.1, 0.15) is 0 Å². The van der Waals surface area contributed by atoms with Gasteiger partial charge in [-0.05, 0) is 36.8 Å². The van der Waals surface area contributed by atoms with Gasteiger partial charge in [0.25, 0.3) is 11.8 Å². The van der Waals surface area contributed by atoms with Gasteiger partial charge < -0.3 is 20.5 Å². The number of ether oxygens (including phenoxy) is 2. The number of unbranched alkanes of at least 4 members (excludes halogenated alkanes) is 1. The molecule has 0 unspecified atom stereocenters. The summed E-state index contributed by atoms with van der Waals surface area (Å²) in [5, 5.41) is 2.70. The molecule has 0 spiro atoms. The van der Waals surface area contributed by atoms with Crippen LogP contribution in [0.4, 0.5) is 5.69 Å². The maximum absolute atomic E-state index is 12.5. The molecule has 0 aliphatic rings. The fourth-order valence-electron chi connectivity index (χ4n) is 2.26. The van der Waals surface area contributed by atoms with Crippen LogP contribution in [0.5, 0.6) is 11.5 Å². The van der Waals surface area contributed by atoms with E-state index in [-0.39, 0.29) is 11.5 Å². The summed E-state index contributed by atoms with van der Waals surface area (Å²) < 4.78 is 11.0. The lowest BCUT2D eigenvalue weighted by Crippen LogP contribution is -2.18. The first kappa shape index (κ1) is 18.3. The molecule has 6 heteroatoms. The number of carbonyl (C=O) groups is 2. The number of benzene rings is 2. The van der Waals surface area contributed by atoms with E-state index in [1.165, 1.54) is 7.11 Å². The molecule has 25 heavy (non-hydrogen) atoms. The molecule has 0 radical (unpaired) electrons. The van der Waals surface area contributed by atoms with E-state index in [0.29, 0.717) is 29.4 Å². The number of hydrogen-bond acceptors (Lipinski definition) is 4. The Morgan fingerprint density at radius 3 is 2.56 bits per heavy atom. The number of anilines is 1. The van der Waals surface area contributed by atoms with Crippen molar-refractivity contribution in [2.75, 3.05) is 19.0 Å². The highest BCUT2D eigenvalue weighted by Crippen LogP contribution is 2.28. The Balaban J connectivity index is 2.18. The summed E-state index contributed by atoms with van der Waals surface area (Å²) in [7, 11) is 1.52. The Kier molecular flexibility index (Phi) is 6.39. The predicted octanol–water partition coefficient (Wildman–Crippen LogP) is 3.23. The van der Waals surface area contributed by atoms with Gasteiger partial charge in [0.2, 0.25) is 0 Å². The number of hydrogen-bond donors (Lipinski definition) is 2. The molecule has 0 atom stereocenters. The van der Waals surface area contributed by atoms with Gasteiger partial charge in [0.15, 0.2) is 11.5 Å². The zero-order chi connectivity index (χ0) is 18.2. The molecule has 0 aliphatic carbocycles. The van der Waals surface area contributed by atoms with Gasteiger partial charge in [0, 0.05) is 5.56 Å². The molecule has 6 nitrogen and oxygen atoms in total. The Hall–Kier alpha value is -3.02. The maximum atomic E-state index is 12.5. The predicted molar refractivity (Wildman–Crippen MR) is 96.3 cm³/mol. The van der Waals surface area contributed by atoms with E-state index >= 15 is 0 Å². The van der Waals surface area contributed by atoms with E-state index in [0.717, 1.165) is 12.8 Å². The van der Waals surface area contributed by atoms with Gasteiger partial charge in [-0.1, -0.05) is 25.5 Å². The molecule has 0 aromatic heterocycles. The largest absolute Gasteiger partial charge is 0.493 e. The molecular weight excluding hydrogens is 320 g/mol. The van der Waals surface area contributed by atoms with E-state index in [4.69, 9.17) is 15.2 Å². The molecule has 0 aliphatic heterocycles. The standard InChI is InChI=1S/C19H22N2O4/c1-3-4-11-25-16-10-9-13(12-17(16)24-2)19(23)21-15-8-6-5-7-14(15)18(20)22/h5-10,12H,3-4,11H2,1-2H3,(H2,20,22)(H,21,23). The van der Waals surface area contributed by atoms with Crippen LogP contribution < -0.4 is 20.5 Å². The third-order valence-corrected chi connectivity index (χ3v) is 3.62. The van der Waals surface area contributed by atoms with Crippen LogP contribution in [0.15, 0.2) is 42.5 Å². The summed E-state index contributed by atoms with van der Waals surface area (Å²) in [5.74, 6) is 0.0947. The Bertz CT molecular complexity index is 759. The molecule has 2 amide bonds. The van der Waals surface area contributed by atoms with Gasteiger partial charge in [-0.2, -0.15) is 0 Å². The number of carbonyl (C=O) groups excluding carboxylic acids is 2. The van der Waals surface area contributed by atoms with Crippen LogP contribution in [0.2, 0.25) is 0 Å². The van der Waals surface area contributed by atoms with E-state index in [1.54, 1.807) is 42.5 Å². The van der Waals surface area contributed by atoms with Crippen LogP contribution in [0.3, 0.4) is 0 Å². The lowest BCUT2D eigenvalue weighted by atomic mass is 10.1. The van der Waals surface area contributed by atoms with Crippen molar-refractivity contribution < 1.29 is 19.1 Å². The highest BCUT2D eigenvalue weighted by Gasteiger charge is 2.14. The molecule has 0 saturated carbocycles. The van der Waals surface area contributed by atoms with Crippen molar-refractivity contribution in [3.63, 3.8) is 0 Å². The highest BCUT2D eigenvalue weighted by molar-refractivity contribution is 6.08. The first-order valence-electron chi connectivity index (χ1n) is 8.07. The molecule has 2 rings (SSSR count). The molecule has 2 aromatic rings. The van der Waals surface area contributed by atoms with Gasteiger partial charge in [0.05, 0.1) is 25.0 Å². The van der Waals surface area contributed by atoms with Crippen molar-refractivity contribution in [1.82, 2.24) is 0 Å². The number of primary amides is 1. The van der Waals surface area contributed by atoms with Crippen LogP contribution in [-0.2, 0) is 0 Å². The van der Waals surface area contributed by atoms with E-state index in [1.807, 2.05) is 0 Å². The normalized spacial score (nSPS) is 10.2. The number of para-hydroxylation sites is 1. The van der Waals surface area contributed by atoms with Gasteiger partial charge >= 0.3 is 0 Å². The lowest BCUT2D eigenvalue weighted by Gasteiger charge is -2.13. The zero-order valence-corrected chi connectivity index (χ0v) is 14.4. The fourth-order valence-corrected chi connectivity index (χ4v) is 2.26. The van der Waals surface area contributed by atoms with Crippen molar-refractivity contribution in [2.45, 2.75) is 19.8 Å². The van der Waals surface area contributed by atoms with Crippen LogP contribution >= 0.6 is 0 Å². The van der Waals surface area contributed by atoms with Crippen LogP contribution in [0.1, 0.15) is 40.5 Å². The Labute approximate surface area is 146 Å². The molecule has 0 heterocycles. The Morgan fingerprint density at radius 2 is 1.88 bits per heavy atom. The van der Waals surface area contributed by atoms with Crippen LogP contribution in [0, 0.1) is 0 Å². The van der Waals surface area contributed by atoms with Crippen LogP contribution in [0.25, 0.3) is 0 Å². The number of rotatable bonds is 8. The molecule has 0 bridgehead atoms. The average molecular weight is 342 g/mol. The molecule has 0 saturated heterocycles. The van der Waals surface area contributed by atoms with Crippen LogP contribution in [-0.4, -0.2) is 25.5 Å². The monoisotopic (exact) mass is 342 g/mol. The first-order chi connectivity index (χ1) is 12.1. The number of nitrogens with two attached hydrogens (primary N) is 1. The number of methoxy groups -OCH3 is 1. The quantitative estimate of drug-likeness (QED) is 0.721. The SMILES string of the molecule is CCCCOc1ccc(C(=O)Nc2ccccc2C(N)=O)cc1OC. The maximum Gasteiger partial charge on any atom is 0.255 e. The second kappa shape index (κ2) is 8.73. The average Bonchev–Trinajstić information content (AvgIpc) is 2.62. The van der Waals surface area contributed by atoms with Crippen molar-refractivity contribution in [2.24, 2.45) is 5.73 Å². The fraction of sp³-hybridized carbons (Fsp3) is 0.263. The van der Waals surface area contributed by atoms with Gasteiger partial charge in [-0.25, -0.2) is 0 Å². The van der Waals surface area contributed by atoms with Crippen molar-refractivity contribution in [1.29, 1.82) is 0 Å². The molecule has 132 valence electrons. The van der Waals surface area contributed by atoms with Gasteiger partial charge in [-0.15, -0.1) is 0 Å². The van der Waals surface area contributed by atoms with Crippen molar-refractivity contribution in [3.8, 4) is 11.5 Å². The summed E-state index contributed by atoms with van der Waals surface area (Å²) in [5.41, 5.74) is 6.33. The molecule has 2 aromatic carbocycles. The van der Waals surface area contributed by atoms with Crippen molar-refractivity contribution >= 4 is 17.5 Å². The second-order valence-electron chi connectivity index (χ2n) is 5.43. The third kappa shape index (κ3) is 4.73. The minimum absolute atomic E-state index is 0.252. The highest BCUT2D eigenvalue weighted by atomic mass is 16.5. The zero-order valence-electron chi connectivity index (χ0n) is 14.4. The van der Waals surface area contributed by atoms with Crippen molar-refractivity contribution in [3.05, 3.63) is 53.6 Å². The summed E-state index contributed by atoms with van der Waals surface area (Å²) in [6, 6.07) is 11.5. The second-order valence-corrected chi connectivity index (χ2v) is 5.43. The minimum Gasteiger partial charge on any atom is -0.493 e. The van der Waals surface area contributed by atoms with Gasteiger partial charge in [-0.3, -0.25) is 9.59 Å². The van der Waals surface area contributed by atoms with E-state index < -0.39 is 5.91 Å². The lowest BCUT2D eigenvalue weighted by molar-refractivity contribution is 0.100. The molecular formula is C19H22N2O4. The minimum atomic E-state index is -0.604. The first-order valence-corrected chi connectivity index (χ1v) is 8.07. The topological polar surface area (TPSA) is 90.6 Å². The Morgan fingerprint density at radius 1 is 1.12 bits per heavy atom. The summed E-state index contributed by atoms with van der Waals surface area (Å²) in [6.45, 7) is 2.67. The summed E-state index contributed by atoms with van der Waals surface area (Å²) in [4.78, 5) is 23.9. The third-order valence-electron chi connectivity index (χ3n) is 3.62. The molecule has 0 fully saturated rings. The number of nitrogens with one attached hydrogen (secondary N) is 1. The molecule has 3 N–H and O–H groups in total. The smallest absolute Gasteiger partial charge is 0.255 e. The van der Waals surface area contributed by atoms with E-state index in [2.05, 4.69) is 12.2 Å². The summed E-state index contributed by atoms with van der Waals surface area (Å²) >= 11 is 0. The number of amides is 2. The van der Waals surface area contributed by atoms with E-state index in [9.17, 15) is 9.59 Å². The summed E-state index contributed by atoms with van der Waals surface area (Å²) in [6.07, 6.45) is 1.97.